The van der Waals surface area contributed by atoms with E-state index in [-0.39, 0.29) is 20.5 Å². The molecule has 2 heterocycles. The molecule has 9 nitrogen and oxygen atoms in total. The Morgan fingerprint density at radius 2 is 1.94 bits per heavy atom. The first-order valence-electron chi connectivity index (χ1n) is 8.79. The highest BCUT2D eigenvalue weighted by Crippen LogP contribution is 2.37. The van der Waals surface area contributed by atoms with Crippen LogP contribution in [-0.2, 0) is 19.9 Å². The highest BCUT2D eigenvalue weighted by molar-refractivity contribution is 7.92. The molecule has 0 unspecified atom stereocenters. The molecule has 1 aromatic heterocycles. The number of halogens is 2. The van der Waals surface area contributed by atoms with E-state index in [2.05, 4.69) is 4.98 Å². The number of nitrogens with zero attached hydrogens (tertiary/aromatic N) is 3. The van der Waals surface area contributed by atoms with Crippen molar-refractivity contribution in [3.05, 3.63) is 52.1 Å². The molecule has 0 aliphatic carbocycles. The lowest BCUT2D eigenvalue weighted by atomic mass is 9.97. The van der Waals surface area contributed by atoms with E-state index in [1.54, 1.807) is 0 Å². The first-order chi connectivity index (χ1) is 14.3. The molecule has 166 valence electrons. The number of sulfonamides is 1. The average molecular weight is 506 g/mol. The predicted molar refractivity (Wildman–Crippen MR) is 112 cm³/mol. The Balaban J connectivity index is 2.06. The number of β-amino-alcohol motifs (C(OH)–C–C–N with tert-alkyl or cyclic N) is 1. The number of aliphatic hydroxyl groups is 2. The van der Waals surface area contributed by atoms with Crippen molar-refractivity contribution in [2.24, 2.45) is 0 Å². The van der Waals surface area contributed by atoms with Gasteiger partial charge in [0.15, 0.2) is 5.03 Å². The molecule has 1 fully saturated rings. The van der Waals surface area contributed by atoms with Crippen LogP contribution in [0.25, 0.3) is 0 Å². The van der Waals surface area contributed by atoms with Gasteiger partial charge in [0, 0.05) is 19.3 Å². The molecule has 31 heavy (non-hydrogen) atoms. The predicted octanol–water partition coefficient (Wildman–Crippen LogP) is 1.22. The lowest BCUT2D eigenvalue weighted by Gasteiger charge is -2.31. The number of hydrogen-bond donors (Lipinski definition) is 2. The molecule has 0 saturated carbocycles. The minimum absolute atomic E-state index is 0.139. The Kier molecular flexibility index (Phi) is 6.38. The summed E-state index contributed by atoms with van der Waals surface area (Å²) in [6.45, 7) is -0.170. The van der Waals surface area contributed by atoms with Crippen molar-refractivity contribution in [2.45, 2.75) is 33.8 Å². The molecule has 1 aliphatic heterocycles. The summed E-state index contributed by atoms with van der Waals surface area (Å²) in [4.78, 5) is 3.41. The minimum atomic E-state index is -4.37. The molecule has 1 aliphatic rings. The second-order valence-corrected chi connectivity index (χ2v) is 11.9. The third kappa shape index (κ3) is 4.17. The van der Waals surface area contributed by atoms with Gasteiger partial charge in [-0.25, -0.2) is 21.8 Å². The monoisotopic (exact) mass is 505 g/mol. The Labute approximate surface area is 189 Å². The summed E-state index contributed by atoms with van der Waals surface area (Å²) in [6.07, 6.45) is -0.480. The van der Waals surface area contributed by atoms with Crippen molar-refractivity contribution in [1.29, 1.82) is 5.26 Å². The number of sulfone groups is 1. The van der Waals surface area contributed by atoms with E-state index in [0.29, 0.717) is 0 Å². The fourth-order valence-corrected chi connectivity index (χ4v) is 7.50. The third-order valence-electron chi connectivity index (χ3n) is 5.13. The number of aromatic nitrogens is 1. The second kappa shape index (κ2) is 8.29. The number of pyridine rings is 1. The first kappa shape index (κ1) is 23.9. The van der Waals surface area contributed by atoms with Gasteiger partial charge in [0.05, 0.1) is 27.8 Å². The van der Waals surface area contributed by atoms with Crippen LogP contribution in [0.2, 0.25) is 10.0 Å². The Bertz CT molecular complexity index is 1260. The van der Waals surface area contributed by atoms with Gasteiger partial charge in [-0.05, 0) is 37.3 Å². The highest BCUT2D eigenvalue weighted by Gasteiger charge is 2.58. The summed E-state index contributed by atoms with van der Waals surface area (Å²) in [7, 11) is -8.73. The van der Waals surface area contributed by atoms with Crippen LogP contribution in [0.1, 0.15) is 12.5 Å². The van der Waals surface area contributed by atoms with Crippen LogP contribution in [0, 0.1) is 11.3 Å². The maximum absolute atomic E-state index is 13.2. The van der Waals surface area contributed by atoms with Crippen molar-refractivity contribution in [3.8, 4) is 6.07 Å². The van der Waals surface area contributed by atoms with Gasteiger partial charge < -0.3 is 10.2 Å². The molecule has 2 N–H and O–H groups in total. The van der Waals surface area contributed by atoms with Gasteiger partial charge in [-0.2, -0.15) is 9.57 Å². The van der Waals surface area contributed by atoms with Gasteiger partial charge in [-0.3, -0.25) is 0 Å². The number of aliphatic hydroxyl groups excluding tert-OH is 1. The van der Waals surface area contributed by atoms with E-state index in [9.17, 15) is 27.0 Å². The maximum atomic E-state index is 13.2. The molecule has 0 amide bonds. The van der Waals surface area contributed by atoms with Crippen molar-refractivity contribution >= 4 is 43.1 Å². The summed E-state index contributed by atoms with van der Waals surface area (Å²) in [5.74, 6) is 0. The SMILES string of the molecule is C[C@@H](O)[C@@]1(O)CN(S(=O)(=O)c2ccc(C#N)cc2Cl)C[C@H]1S(=O)(=O)c1ccc(Cl)cn1. The summed E-state index contributed by atoms with van der Waals surface area (Å²) in [5, 5.41) is 28.0. The van der Waals surface area contributed by atoms with E-state index in [4.69, 9.17) is 28.5 Å². The fourth-order valence-electron chi connectivity index (χ4n) is 3.34. The summed E-state index contributed by atoms with van der Waals surface area (Å²) < 4.78 is 53.4. The standard InChI is InChI=1S/C18H17Cl2N3O6S2/c1-11(24)18(25)10-23(31(28,29)15-4-2-12(7-21)6-14(15)20)9-16(18)30(26,27)17-5-3-13(19)8-22-17/h2-6,8,11,16,24-25H,9-10H2,1H3/t11-,16-,18+/m1/s1. The van der Waals surface area contributed by atoms with Crippen LogP contribution in [0.15, 0.2) is 46.5 Å². The molecule has 0 spiro atoms. The molecule has 1 saturated heterocycles. The largest absolute Gasteiger partial charge is 0.390 e. The van der Waals surface area contributed by atoms with E-state index < -0.39 is 54.9 Å². The van der Waals surface area contributed by atoms with Crippen molar-refractivity contribution in [3.63, 3.8) is 0 Å². The van der Waals surface area contributed by atoms with E-state index in [0.717, 1.165) is 28.7 Å². The lowest BCUT2D eigenvalue weighted by molar-refractivity contribution is -0.0513. The fraction of sp³-hybridized carbons (Fsp3) is 0.333. The van der Waals surface area contributed by atoms with Crippen molar-refractivity contribution in [1.82, 2.24) is 9.29 Å². The van der Waals surface area contributed by atoms with E-state index in [1.807, 2.05) is 6.07 Å². The number of hydrogen-bond acceptors (Lipinski definition) is 8. The average Bonchev–Trinajstić information content (AvgIpc) is 3.08. The Morgan fingerprint density at radius 1 is 1.26 bits per heavy atom. The smallest absolute Gasteiger partial charge is 0.244 e. The topological polar surface area (TPSA) is 149 Å². The molecule has 3 rings (SSSR count). The summed E-state index contributed by atoms with van der Waals surface area (Å²) in [6, 6.07) is 7.80. The van der Waals surface area contributed by atoms with Crippen LogP contribution in [-0.4, -0.2) is 66.4 Å². The molecule has 2 aromatic rings. The zero-order chi connectivity index (χ0) is 23.2. The molecule has 13 heteroatoms. The maximum Gasteiger partial charge on any atom is 0.244 e. The van der Waals surface area contributed by atoms with E-state index in [1.165, 1.54) is 19.1 Å². The molecular formula is C18H17Cl2N3O6S2. The van der Waals surface area contributed by atoms with Gasteiger partial charge in [0.25, 0.3) is 0 Å². The van der Waals surface area contributed by atoms with Gasteiger partial charge in [0.1, 0.15) is 15.7 Å². The minimum Gasteiger partial charge on any atom is -0.390 e. The third-order valence-corrected chi connectivity index (χ3v) is 9.77. The van der Waals surface area contributed by atoms with Crippen LogP contribution >= 0.6 is 23.2 Å². The number of nitriles is 1. The van der Waals surface area contributed by atoms with E-state index >= 15 is 0 Å². The molecule has 0 radical (unpaired) electrons. The van der Waals surface area contributed by atoms with Gasteiger partial charge >= 0.3 is 0 Å². The van der Waals surface area contributed by atoms with Crippen molar-refractivity contribution < 1.29 is 27.0 Å². The summed E-state index contributed by atoms with van der Waals surface area (Å²) in [5.41, 5.74) is -2.17. The molecule has 1 aromatic carbocycles. The zero-order valence-electron chi connectivity index (χ0n) is 16.0. The molecular weight excluding hydrogens is 489 g/mol. The second-order valence-electron chi connectivity index (χ2n) is 7.07. The molecule has 0 bridgehead atoms. The van der Waals surface area contributed by atoms with Gasteiger partial charge in [-0.15, -0.1) is 0 Å². The van der Waals surface area contributed by atoms with Gasteiger partial charge in [0.2, 0.25) is 19.9 Å². The Morgan fingerprint density at radius 3 is 2.45 bits per heavy atom. The lowest BCUT2D eigenvalue weighted by Crippen LogP contribution is -2.53. The van der Waals surface area contributed by atoms with Gasteiger partial charge in [-0.1, -0.05) is 23.2 Å². The quantitative estimate of drug-likeness (QED) is 0.615. The number of benzene rings is 1. The van der Waals surface area contributed by atoms with Crippen LogP contribution in [0.5, 0.6) is 0 Å². The first-order valence-corrected chi connectivity index (χ1v) is 12.5. The zero-order valence-corrected chi connectivity index (χ0v) is 19.1. The normalized spacial score (nSPS) is 23.4. The van der Waals surface area contributed by atoms with Crippen LogP contribution < -0.4 is 0 Å². The Hall–Kier alpha value is -1.78. The van der Waals surface area contributed by atoms with Crippen LogP contribution in [0.3, 0.4) is 0 Å². The molecule has 3 atom stereocenters. The highest BCUT2D eigenvalue weighted by atomic mass is 35.5. The summed E-state index contributed by atoms with van der Waals surface area (Å²) >= 11 is 11.8. The van der Waals surface area contributed by atoms with Crippen LogP contribution in [0.4, 0.5) is 0 Å². The van der Waals surface area contributed by atoms with Crippen molar-refractivity contribution in [2.75, 3.05) is 13.1 Å². The number of rotatable bonds is 5.